The Morgan fingerprint density at radius 3 is 2.37 bits per heavy atom. The molecule has 4 aliphatic carbocycles. The van der Waals surface area contributed by atoms with Gasteiger partial charge in [-0.1, -0.05) is 20.8 Å². The number of nitrogens with one attached hydrogen (secondary N) is 1. The van der Waals surface area contributed by atoms with E-state index in [2.05, 4.69) is 26.1 Å². The van der Waals surface area contributed by atoms with E-state index in [-0.39, 0.29) is 35.2 Å². The summed E-state index contributed by atoms with van der Waals surface area (Å²) in [5.74, 6) is 0.864. The number of rotatable bonds is 7. The summed E-state index contributed by atoms with van der Waals surface area (Å²) >= 11 is 0. The zero-order valence-corrected chi connectivity index (χ0v) is 21.8. The molecule has 198 valence electrons. The molecule has 4 N–H and O–H groups in total. The normalized spacial score (nSPS) is 43.3. The summed E-state index contributed by atoms with van der Waals surface area (Å²) in [6, 6.07) is -1.29. The summed E-state index contributed by atoms with van der Waals surface area (Å²) in [7, 11) is 0. The molecule has 0 aromatic rings. The number of ketones is 1. The highest BCUT2D eigenvalue weighted by Crippen LogP contribution is 2.67. The second-order valence-electron chi connectivity index (χ2n) is 12.9. The Hall–Kier alpha value is -1.47. The summed E-state index contributed by atoms with van der Waals surface area (Å²) in [6.07, 6.45) is 7.09. The van der Waals surface area contributed by atoms with Crippen LogP contribution in [0.3, 0.4) is 0 Å². The second kappa shape index (κ2) is 9.77. The lowest BCUT2D eigenvalue weighted by atomic mass is 9.44. The van der Waals surface area contributed by atoms with E-state index in [1.807, 2.05) is 0 Å². The lowest BCUT2D eigenvalue weighted by molar-refractivity contribution is -0.160. The van der Waals surface area contributed by atoms with Crippen molar-refractivity contribution in [1.29, 1.82) is 0 Å². The van der Waals surface area contributed by atoms with Crippen molar-refractivity contribution in [2.45, 2.75) is 110 Å². The average molecular weight is 492 g/mol. The van der Waals surface area contributed by atoms with Crippen LogP contribution in [0.15, 0.2) is 0 Å². The number of aliphatic carboxylic acids is 1. The molecule has 4 rings (SSSR count). The molecule has 0 aliphatic heterocycles. The Kier molecular flexibility index (Phi) is 7.42. The van der Waals surface area contributed by atoms with Gasteiger partial charge in [-0.05, 0) is 98.7 Å². The van der Waals surface area contributed by atoms with Crippen LogP contribution < -0.4 is 5.32 Å². The van der Waals surface area contributed by atoms with Gasteiger partial charge in [0, 0.05) is 18.8 Å². The Morgan fingerprint density at radius 2 is 1.71 bits per heavy atom. The summed E-state index contributed by atoms with van der Waals surface area (Å²) < 4.78 is 0. The number of carboxylic acid groups (broad SMARTS) is 1. The molecule has 0 aromatic carbocycles. The SMILES string of the molecule is CC(CCC(=O)N[C@H](C(=O)O)[C@@H](C)O)C1CCC2C3C(=O)C[C@@H]4C[C@H](O)CCC4(C)C3CCC12C. The molecule has 7 nitrogen and oxygen atoms in total. The molecular weight excluding hydrogens is 446 g/mol. The Bertz CT molecular complexity index is 843. The van der Waals surface area contributed by atoms with Crippen molar-refractivity contribution in [2.75, 3.05) is 0 Å². The van der Waals surface area contributed by atoms with E-state index in [1.165, 1.54) is 6.92 Å². The van der Waals surface area contributed by atoms with Crippen LogP contribution in [0.2, 0.25) is 0 Å². The van der Waals surface area contributed by atoms with Crippen molar-refractivity contribution in [1.82, 2.24) is 5.32 Å². The van der Waals surface area contributed by atoms with Gasteiger partial charge in [-0.25, -0.2) is 4.79 Å². The highest BCUT2D eigenvalue weighted by Gasteiger charge is 2.63. The first-order valence-corrected chi connectivity index (χ1v) is 13.8. The topological polar surface area (TPSA) is 124 Å². The molecule has 35 heavy (non-hydrogen) atoms. The van der Waals surface area contributed by atoms with E-state index in [0.29, 0.717) is 48.2 Å². The number of hydrogen-bond acceptors (Lipinski definition) is 5. The van der Waals surface area contributed by atoms with Crippen LogP contribution in [0.5, 0.6) is 0 Å². The van der Waals surface area contributed by atoms with E-state index in [4.69, 9.17) is 0 Å². The highest BCUT2D eigenvalue weighted by molar-refractivity contribution is 5.84. The quantitative estimate of drug-likeness (QED) is 0.432. The van der Waals surface area contributed by atoms with Crippen LogP contribution in [0.4, 0.5) is 0 Å². The van der Waals surface area contributed by atoms with E-state index in [1.54, 1.807) is 0 Å². The molecule has 0 aromatic heterocycles. The smallest absolute Gasteiger partial charge is 0.328 e. The first-order valence-electron chi connectivity index (χ1n) is 13.8. The van der Waals surface area contributed by atoms with Crippen molar-refractivity contribution in [3.63, 3.8) is 0 Å². The summed E-state index contributed by atoms with van der Waals surface area (Å²) in [5.41, 5.74) is 0.249. The van der Waals surface area contributed by atoms with E-state index in [9.17, 15) is 29.7 Å². The van der Waals surface area contributed by atoms with Gasteiger partial charge in [-0.3, -0.25) is 9.59 Å². The summed E-state index contributed by atoms with van der Waals surface area (Å²) in [6.45, 7) is 8.33. The number of carboxylic acids is 1. The van der Waals surface area contributed by atoms with Crippen molar-refractivity contribution in [2.24, 2.45) is 46.3 Å². The summed E-state index contributed by atoms with van der Waals surface area (Å²) in [5, 5.41) is 31.5. The van der Waals surface area contributed by atoms with Crippen LogP contribution in [0.1, 0.15) is 91.9 Å². The lowest BCUT2D eigenvalue weighted by Gasteiger charge is -2.60. The van der Waals surface area contributed by atoms with Gasteiger partial charge in [0.05, 0.1) is 12.2 Å². The standard InChI is InChI=1S/C28H45NO6/c1-15(5-8-23(33)29-25(16(2)30)26(34)35)19-6-7-20-24-21(10-12-28(19,20)4)27(3)11-9-18(31)13-17(27)14-22(24)32/h15-21,24-25,30-31H,5-14H2,1-4H3,(H,29,33)(H,34,35)/t15?,16-,17+,18-,19?,20?,21?,24?,25+,27?,28?/m1/s1. The molecule has 7 heteroatoms. The molecule has 0 radical (unpaired) electrons. The van der Waals surface area contributed by atoms with Crippen molar-refractivity contribution < 1.29 is 29.7 Å². The number of aliphatic hydroxyl groups is 2. The van der Waals surface area contributed by atoms with Gasteiger partial charge in [-0.15, -0.1) is 0 Å². The maximum absolute atomic E-state index is 13.5. The molecule has 11 atom stereocenters. The third-order valence-corrected chi connectivity index (χ3v) is 11.1. The van der Waals surface area contributed by atoms with Crippen LogP contribution >= 0.6 is 0 Å². The third kappa shape index (κ3) is 4.68. The molecule has 4 saturated carbocycles. The fraction of sp³-hybridized carbons (Fsp3) is 0.893. The van der Waals surface area contributed by atoms with Gasteiger partial charge in [0.1, 0.15) is 5.78 Å². The molecule has 0 bridgehead atoms. The molecule has 0 heterocycles. The van der Waals surface area contributed by atoms with Gasteiger partial charge in [-0.2, -0.15) is 0 Å². The Labute approximate surface area is 209 Å². The molecule has 4 fully saturated rings. The van der Waals surface area contributed by atoms with Crippen molar-refractivity contribution >= 4 is 17.7 Å². The van der Waals surface area contributed by atoms with E-state index in [0.717, 1.165) is 44.9 Å². The molecule has 1 amide bonds. The maximum atomic E-state index is 13.5. The van der Waals surface area contributed by atoms with Crippen LogP contribution in [-0.4, -0.2) is 51.2 Å². The second-order valence-corrected chi connectivity index (χ2v) is 12.9. The fourth-order valence-electron chi connectivity index (χ4n) is 9.08. The number of carbonyl (C=O) groups is 3. The number of fused-ring (bicyclic) bond motifs is 5. The average Bonchev–Trinajstić information content (AvgIpc) is 3.13. The van der Waals surface area contributed by atoms with E-state index < -0.39 is 18.1 Å². The highest BCUT2D eigenvalue weighted by atomic mass is 16.4. The number of Topliss-reactive ketones (excluding diaryl/α,β-unsaturated/α-hetero) is 1. The molecule has 4 aliphatic rings. The minimum Gasteiger partial charge on any atom is -0.480 e. The Balaban J connectivity index is 1.42. The van der Waals surface area contributed by atoms with Crippen LogP contribution in [-0.2, 0) is 14.4 Å². The zero-order valence-electron chi connectivity index (χ0n) is 21.8. The number of carbonyl (C=O) groups excluding carboxylic acids is 2. The maximum Gasteiger partial charge on any atom is 0.328 e. The summed E-state index contributed by atoms with van der Waals surface area (Å²) in [4.78, 5) is 37.2. The van der Waals surface area contributed by atoms with Gasteiger partial charge in [0.2, 0.25) is 5.91 Å². The van der Waals surface area contributed by atoms with Crippen LogP contribution in [0.25, 0.3) is 0 Å². The lowest BCUT2D eigenvalue weighted by Crippen LogP contribution is -2.57. The number of amides is 1. The molecule has 0 spiro atoms. The minimum absolute atomic E-state index is 0.0906. The fourth-order valence-corrected chi connectivity index (χ4v) is 9.08. The predicted molar refractivity (Wildman–Crippen MR) is 131 cm³/mol. The molecule has 7 unspecified atom stereocenters. The van der Waals surface area contributed by atoms with Crippen LogP contribution in [0, 0.1) is 46.3 Å². The van der Waals surface area contributed by atoms with E-state index >= 15 is 0 Å². The van der Waals surface area contributed by atoms with Crippen molar-refractivity contribution in [3.05, 3.63) is 0 Å². The van der Waals surface area contributed by atoms with Gasteiger partial charge < -0.3 is 20.6 Å². The van der Waals surface area contributed by atoms with Crippen molar-refractivity contribution in [3.8, 4) is 0 Å². The predicted octanol–water partition coefficient (Wildman–Crippen LogP) is 3.55. The molecular formula is C28H45NO6. The third-order valence-electron chi connectivity index (χ3n) is 11.1. The Morgan fingerprint density at radius 1 is 1.06 bits per heavy atom. The first kappa shape index (κ1) is 26.6. The molecule has 0 saturated heterocycles. The van der Waals surface area contributed by atoms with Gasteiger partial charge in [0.15, 0.2) is 6.04 Å². The van der Waals surface area contributed by atoms with Gasteiger partial charge >= 0.3 is 5.97 Å². The van der Waals surface area contributed by atoms with Gasteiger partial charge in [0.25, 0.3) is 0 Å². The zero-order chi connectivity index (χ0) is 25.7. The monoisotopic (exact) mass is 491 g/mol. The first-order chi connectivity index (χ1) is 16.4. The minimum atomic E-state index is -1.29. The number of aliphatic hydroxyl groups excluding tert-OH is 2. The largest absolute Gasteiger partial charge is 0.480 e. The number of hydrogen-bond donors (Lipinski definition) is 4.